The molecule has 0 saturated carbocycles. The number of carbonyl (C=O) groups is 1. The van der Waals surface area contributed by atoms with E-state index >= 15 is 0 Å². The van der Waals surface area contributed by atoms with E-state index in [4.69, 9.17) is 10.5 Å². The van der Waals surface area contributed by atoms with Gasteiger partial charge in [0, 0.05) is 30.7 Å². The molecule has 0 radical (unpaired) electrons. The number of nitrogens with zero attached hydrogens (tertiary/aromatic N) is 3. The van der Waals surface area contributed by atoms with E-state index in [-0.39, 0.29) is 12.1 Å². The summed E-state index contributed by atoms with van der Waals surface area (Å²) in [5.41, 5.74) is 9.58. The molecule has 0 aliphatic rings. The van der Waals surface area contributed by atoms with Crippen LogP contribution in [0.1, 0.15) is 22.8 Å². The third-order valence-electron chi connectivity index (χ3n) is 4.05. The number of pyridine rings is 1. The minimum absolute atomic E-state index is 0.215. The maximum absolute atomic E-state index is 12.4. The van der Waals surface area contributed by atoms with Crippen molar-refractivity contribution in [2.24, 2.45) is 10.7 Å². The number of hydrogen-bond donors (Lipinski definition) is 2. The zero-order valence-corrected chi connectivity index (χ0v) is 15.7. The zero-order valence-electron chi connectivity index (χ0n) is 15.7. The number of nitrogens with one attached hydrogen (secondary N) is 1. The lowest BCUT2D eigenvalue weighted by Crippen LogP contribution is -2.28. The van der Waals surface area contributed by atoms with Crippen LogP contribution in [0.15, 0.2) is 34.7 Å². The Morgan fingerprint density at radius 2 is 2.19 bits per heavy atom. The van der Waals surface area contributed by atoms with Gasteiger partial charge in [-0.15, -0.1) is 0 Å². The van der Waals surface area contributed by atoms with Crippen molar-refractivity contribution in [1.82, 2.24) is 14.9 Å². The predicted molar refractivity (Wildman–Crippen MR) is 100 cm³/mol. The van der Waals surface area contributed by atoms with Gasteiger partial charge in [-0.25, -0.2) is 8.78 Å². The molecule has 0 unspecified atom stereocenters. The van der Waals surface area contributed by atoms with Gasteiger partial charge in [0.05, 0.1) is 31.3 Å². The molecule has 2 aromatic heterocycles. The summed E-state index contributed by atoms with van der Waals surface area (Å²) < 4.78 is 31.7. The lowest BCUT2D eigenvalue weighted by atomic mass is 10.2. The van der Waals surface area contributed by atoms with Crippen LogP contribution in [0.5, 0.6) is 0 Å². The number of aryl methyl sites for hydroxylation is 1. The lowest BCUT2D eigenvalue weighted by molar-refractivity contribution is 0.0893. The van der Waals surface area contributed by atoms with Gasteiger partial charge in [0.1, 0.15) is 5.52 Å². The number of allylic oxidation sites excluding steroid dienone is 1. The number of nitrogens with two attached hydrogens (primary N) is 1. The SMILES string of the molecule is CN=C(OC)C(C)=C(N)Cn1cc(C(=O)NCC(F)F)c2ncc(C)cc21. The fraction of sp³-hybridized carbons (Fsp3) is 0.389. The highest BCUT2D eigenvalue weighted by Crippen LogP contribution is 2.22. The quantitative estimate of drug-likeness (QED) is 0.594. The normalized spacial score (nSPS) is 13.1. The minimum atomic E-state index is -2.63. The van der Waals surface area contributed by atoms with E-state index in [9.17, 15) is 13.6 Å². The Morgan fingerprint density at radius 1 is 1.48 bits per heavy atom. The molecule has 0 spiro atoms. The van der Waals surface area contributed by atoms with Crippen molar-refractivity contribution in [3.8, 4) is 0 Å². The summed E-state index contributed by atoms with van der Waals surface area (Å²) in [6.07, 6.45) is 0.557. The second kappa shape index (κ2) is 8.61. The molecule has 0 aliphatic heterocycles. The number of carbonyl (C=O) groups excluding carboxylic acids is 1. The Balaban J connectivity index is 2.46. The van der Waals surface area contributed by atoms with Gasteiger partial charge >= 0.3 is 0 Å². The van der Waals surface area contributed by atoms with Crippen molar-refractivity contribution in [2.45, 2.75) is 26.8 Å². The van der Waals surface area contributed by atoms with Gasteiger partial charge in [-0.05, 0) is 25.5 Å². The summed E-state index contributed by atoms with van der Waals surface area (Å²) in [5.74, 6) is -0.199. The Labute approximate surface area is 155 Å². The monoisotopic (exact) mass is 379 g/mol. The third-order valence-corrected chi connectivity index (χ3v) is 4.05. The van der Waals surface area contributed by atoms with Gasteiger partial charge in [0.2, 0.25) is 5.90 Å². The molecule has 2 aromatic rings. The van der Waals surface area contributed by atoms with Crippen molar-refractivity contribution in [3.63, 3.8) is 0 Å². The molecule has 0 atom stereocenters. The Hall–Kier alpha value is -2.97. The van der Waals surface area contributed by atoms with Crippen LogP contribution in [0, 0.1) is 6.92 Å². The molecule has 0 saturated heterocycles. The smallest absolute Gasteiger partial charge is 0.255 e. The van der Waals surface area contributed by atoms with E-state index in [1.165, 1.54) is 7.11 Å². The standard InChI is InChI=1S/C18H23F2N5O2/c1-10-5-14-16(23-6-10)12(17(26)24-7-15(19)20)8-25(14)9-13(21)11(2)18(22-3)27-4/h5-6,8,15H,7,9,21H2,1-4H3,(H,24,26). The van der Waals surface area contributed by atoms with Crippen LogP contribution >= 0.6 is 0 Å². The number of methoxy groups -OCH3 is 1. The van der Waals surface area contributed by atoms with Gasteiger partial charge in [-0.3, -0.25) is 14.8 Å². The average molecular weight is 379 g/mol. The molecule has 9 heteroatoms. The molecule has 7 nitrogen and oxygen atoms in total. The van der Waals surface area contributed by atoms with E-state index in [0.29, 0.717) is 28.2 Å². The summed E-state index contributed by atoms with van der Waals surface area (Å²) in [7, 11) is 3.10. The lowest BCUT2D eigenvalue weighted by Gasteiger charge is -2.11. The summed E-state index contributed by atoms with van der Waals surface area (Å²) in [6.45, 7) is 3.20. The summed E-state index contributed by atoms with van der Waals surface area (Å²) in [4.78, 5) is 20.6. The average Bonchev–Trinajstić information content (AvgIpc) is 2.98. The van der Waals surface area contributed by atoms with E-state index < -0.39 is 18.9 Å². The second-order valence-electron chi connectivity index (χ2n) is 6.04. The Kier molecular flexibility index (Phi) is 6.49. The third kappa shape index (κ3) is 4.60. The Bertz CT molecular complexity index is 903. The fourth-order valence-electron chi connectivity index (χ4n) is 2.68. The molecule has 2 rings (SSSR count). The number of halogens is 2. The van der Waals surface area contributed by atoms with E-state index in [0.717, 1.165) is 5.56 Å². The first-order valence-corrected chi connectivity index (χ1v) is 8.26. The van der Waals surface area contributed by atoms with E-state index in [2.05, 4.69) is 15.3 Å². The summed E-state index contributed by atoms with van der Waals surface area (Å²) >= 11 is 0. The number of alkyl halides is 2. The molecule has 3 N–H and O–H groups in total. The fourth-order valence-corrected chi connectivity index (χ4v) is 2.68. The zero-order chi connectivity index (χ0) is 20.1. The topological polar surface area (TPSA) is 94.5 Å². The predicted octanol–water partition coefficient (Wildman–Crippen LogP) is 2.25. The molecule has 0 fully saturated rings. The van der Waals surface area contributed by atoms with E-state index in [1.54, 1.807) is 30.9 Å². The van der Waals surface area contributed by atoms with Gasteiger partial charge in [-0.1, -0.05) is 0 Å². The summed E-state index contributed by atoms with van der Waals surface area (Å²) in [5, 5.41) is 2.21. The first-order valence-electron chi connectivity index (χ1n) is 8.26. The van der Waals surface area contributed by atoms with Crippen molar-refractivity contribution < 1.29 is 18.3 Å². The molecule has 146 valence electrons. The largest absolute Gasteiger partial charge is 0.481 e. The molecule has 0 aromatic carbocycles. The van der Waals surface area contributed by atoms with Crippen LogP contribution in [0.2, 0.25) is 0 Å². The highest BCUT2D eigenvalue weighted by atomic mass is 19.3. The maximum atomic E-state index is 12.4. The number of fused-ring (bicyclic) bond motifs is 1. The number of amides is 1. The van der Waals surface area contributed by atoms with Crippen LogP contribution < -0.4 is 11.1 Å². The minimum Gasteiger partial charge on any atom is -0.481 e. The number of aliphatic imine (C=N–C) groups is 1. The highest BCUT2D eigenvalue weighted by Gasteiger charge is 2.18. The van der Waals surface area contributed by atoms with E-state index in [1.807, 2.05) is 13.0 Å². The maximum Gasteiger partial charge on any atom is 0.255 e. The number of rotatable bonds is 6. The first kappa shape index (κ1) is 20.3. The van der Waals surface area contributed by atoms with Gasteiger partial charge in [0.25, 0.3) is 12.3 Å². The molecule has 0 aliphatic carbocycles. The van der Waals surface area contributed by atoms with Crippen LogP contribution in [0.25, 0.3) is 11.0 Å². The van der Waals surface area contributed by atoms with Crippen molar-refractivity contribution in [2.75, 3.05) is 20.7 Å². The van der Waals surface area contributed by atoms with Crippen molar-refractivity contribution >= 4 is 22.8 Å². The van der Waals surface area contributed by atoms with Crippen LogP contribution in [-0.2, 0) is 11.3 Å². The van der Waals surface area contributed by atoms with Crippen LogP contribution in [0.4, 0.5) is 8.78 Å². The number of ether oxygens (including phenoxy) is 1. The summed E-state index contributed by atoms with van der Waals surface area (Å²) in [6, 6.07) is 1.86. The second-order valence-corrected chi connectivity index (χ2v) is 6.04. The van der Waals surface area contributed by atoms with Gasteiger partial charge in [-0.2, -0.15) is 0 Å². The Morgan fingerprint density at radius 3 is 2.78 bits per heavy atom. The van der Waals surface area contributed by atoms with Crippen molar-refractivity contribution in [3.05, 3.63) is 40.9 Å². The van der Waals surface area contributed by atoms with Crippen LogP contribution in [0.3, 0.4) is 0 Å². The van der Waals surface area contributed by atoms with Gasteiger partial charge < -0.3 is 20.4 Å². The van der Waals surface area contributed by atoms with Crippen LogP contribution in [-0.4, -0.2) is 48.5 Å². The molecular weight excluding hydrogens is 356 g/mol. The van der Waals surface area contributed by atoms with Crippen molar-refractivity contribution in [1.29, 1.82) is 0 Å². The molecule has 27 heavy (non-hydrogen) atoms. The first-order chi connectivity index (χ1) is 12.8. The number of aromatic nitrogens is 2. The molecule has 1 amide bonds. The number of hydrogen-bond acceptors (Lipinski definition) is 5. The molecule has 0 bridgehead atoms. The van der Waals surface area contributed by atoms with Gasteiger partial charge in [0.15, 0.2) is 0 Å². The molecular formula is C18H23F2N5O2. The highest BCUT2D eigenvalue weighted by molar-refractivity contribution is 6.05. The molecule has 2 heterocycles.